The topological polar surface area (TPSA) is 66.6 Å². The number of aromatic nitrogens is 4. The number of fused-ring (bicyclic) bond motifs is 5. The van der Waals surface area contributed by atoms with Crippen molar-refractivity contribution in [3.63, 3.8) is 0 Å². The molecule has 2 aliphatic rings. The molecule has 1 aliphatic carbocycles. The predicted molar refractivity (Wildman–Crippen MR) is 119 cm³/mol. The van der Waals surface area contributed by atoms with E-state index in [-0.39, 0.29) is 11.7 Å². The number of piperazine rings is 1. The Morgan fingerprint density at radius 2 is 2.00 bits per heavy atom. The second-order valence-electron chi connectivity index (χ2n) is 9.66. The van der Waals surface area contributed by atoms with E-state index in [0.717, 1.165) is 61.4 Å². The summed E-state index contributed by atoms with van der Waals surface area (Å²) in [5, 5.41) is 5.61. The Kier molecular flexibility index (Phi) is 4.82. The minimum absolute atomic E-state index is 0.0699. The van der Waals surface area contributed by atoms with Gasteiger partial charge in [-0.1, -0.05) is 27.7 Å². The number of hydrogen-bond donors (Lipinski definition) is 0. The van der Waals surface area contributed by atoms with Crippen LogP contribution in [-0.2, 0) is 12.8 Å². The molecule has 0 saturated carbocycles. The third-order valence-electron chi connectivity index (χ3n) is 6.91. The van der Waals surface area contributed by atoms with Crippen LogP contribution in [0.5, 0.6) is 0 Å². The number of carbonyl (C=O) groups excluding carboxylic acids is 1. The molecule has 0 spiro atoms. The van der Waals surface area contributed by atoms with E-state index < -0.39 is 0 Å². The Bertz CT molecular complexity index is 1100. The zero-order valence-corrected chi connectivity index (χ0v) is 19.1. The SMILES string of the molecule is CCN1CCN(C(=O)c2nc3c4c5c(sc4ncn3n2)CC(C(C)(C)C)CC5)CC1. The monoisotopic (exact) mass is 426 g/mol. The number of nitrogens with zero attached hydrogens (tertiary/aromatic N) is 6. The van der Waals surface area contributed by atoms with Crippen molar-refractivity contribution in [1.29, 1.82) is 0 Å². The molecular formula is C22H30N6OS. The Morgan fingerprint density at radius 1 is 1.23 bits per heavy atom. The van der Waals surface area contributed by atoms with Gasteiger partial charge in [-0.15, -0.1) is 16.4 Å². The van der Waals surface area contributed by atoms with Crippen molar-refractivity contribution in [3.05, 3.63) is 22.6 Å². The summed E-state index contributed by atoms with van der Waals surface area (Å²) >= 11 is 1.79. The second-order valence-corrected chi connectivity index (χ2v) is 10.7. The average Bonchev–Trinajstić information content (AvgIpc) is 3.33. The van der Waals surface area contributed by atoms with E-state index in [0.29, 0.717) is 11.3 Å². The normalized spacial score (nSPS) is 20.8. The first kappa shape index (κ1) is 19.9. The first-order chi connectivity index (χ1) is 14.3. The molecule has 7 nitrogen and oxygen atoms in total. The van der Waals surface area contributed by atoms with E-state index in [2.05, 4.69) is 42.7 Å². The summed E-state index contributed by atoms with van der Waals surface area (Å²) < 4.78 is 1.70. The smallest absolute Gasteiger partial charge is 0.293 e. The second kappa shape index (κ2) is 7.27. The van der Waals surface area contributed by atoms with Crippen molar-refractivity contribution in [3.8, 4) is 0 Å². The highest BCUT2D eigenvalue weighted by Gasteiger charge is 2.32. The van der Waals surface area contributed by atoms with Gasteiger partial charge in [-0.2, -0.15) is 0 Å². The molecule has 1 fully saturated rings. The van der Waals surface area contributed by atoms with E-state index in [1.807, 2.05) is 4.90 Å². The highest BCUT2D eigenvalue weighted by atomic mass is 32.1. The molecule has 1 atom stereocenters. The minimum atomic E-state index is -0.0699. The number of hydrogen-bond acceptors (Lipinski definition) is 6. The third kappa shape index (κ3) is 3.30. The largest absolute Gasteiger partial charge is 0.333 e. The van der Waals surface area contributed by atoms with E-state index in [9.17, 15) is 4.79 Å². The van der Waals surface area contributed by atoms with Crippen LogP contribution in [0, 0.1) is 11.3 Å². The molecule has 1 saturated heterocycles. The van der Waals surface area contributed by atoms with E-state index in [1.54, 1.807) is 22.2 Å². The van der Waals surface area contributed by atoms with Gasteiger partial charge in [0.25, 0.3) is 5.91 Å². The Hall–Kier alpha value is -2.06. The quantitative estimate of drug-likeness (QED) is 0.629. The van der Waals surface area contributed by atoms with Gasteiger partial charge in [0, 0.05) is 31.1 Å². The maximum atomic E-state index is 13.0. The standard InChI is InChI=1S/C22H30N6OS/c1-5-26-8-10-27(11-9-26)21(29)18-24-19-17-15-7-6-14(22(2,3)4)12-16(15)30-20(17)23-13-28(19)25-18/h13-14H,5-12H2,1-4H3. The van der Waals surface area contributed by atoms with Crippen LogP contribution < -0.4 is 0 Å². The molecule has 0 aromatic carbocycles. The number of thiophene rings is 1. The molecule has 30 heavy (non-hydrogen) atoms. The average molecular weight is 427 g/mol. The van der Waals surface area contributed by atoms with Crippen LogP contribution in [0.4, 0.5) is 0 Å². The van der Waals surface area contributed by atoms with E-state index in [1.165, 1.54) is 16.9 Å². The molecule has 1 amide bonds. The van der Waals surface area contributed by atoms with Crippen LogP contribution in [0.1, 0.15) is 55.2 Å². The number of aryl methyl sites for hydroxylation is 1. The number of carbonyl (C=O) groups is 1. The van der Waals surface area contributed by atoms with E-state index in [4.69, 9.17) is 4.98 Å². The molecule has 0 bridgehead atoms. The van der Waals surface area contributed by atoms with Gasteiger partial charge in [0.1, 0.15) is 11.2 Å². The van der Waals surface area contributed by atoms with Gasteiger partial charge >= 0.3 is 0 Å². The molecule has 4 heterocycles. The highest BCUT2D eigenvalue weighted by molar-refractivity contribution is 7.19. The van der Waals surface area contributed by atoms with Crippen molar-refractivity contribution < 1.29 is 4.79 Å². The number of likely N-dealkylation sites (N-methyl/N-ethyl adjacent to an activating group) is 1. The van der Waals surface area contributed by atoms with Crippen molar-refractivity contribution >= 4 is 33.1 Å². The summed E-state index contributed by atoms with van der Waals surface area (Å²) in [6, 6.07) is 0. The molecule has 1 aliphatic heterocycles. The predicted octanol–water partition coefficient (Wildman–Crippen LogP) is 3.27. The Balaban J connectivity index is 1.49. The number of amides is 1. The van der Waals surface area contributed by atoms with Gasteiger partial charge in [-0.25, -0.2) is 14.5 Å². The molecule has 0 N–H and O–H groups in total. The van der Waals surface area contributed by atoms with Crippen molar-refractivity contribution in [1.82, 2.24) is 29.4 Å². The van der Waals surface area contributed by atoms with Crippen molar-refractivity contribution in [2.45, 2.75) is 47.0 Å². The minimum Gasteiger partial charge on any atom is -0.333 e. The van der Waals surface area contributed by atoms with Crippen LogP contribution in [0.2, 0.25) is 0 Å². The lowest BCUT2D eigenvalue weighted by atomic mass is 9.72. The first-order valence-electron chi connectivity index (χ1n) is 11.0. The molecule has 0 radical (unpaired) electrons. The fourth-order valence-electron chi connectivity index (χ4n) is 4.81. The zero-order valence-electron chi connectivity index (χ0n) is 18.3. The lowest BCUT2D eigenvalue weighted by molar-refractivity contribution is 0.0631. The summed E-state index contributed by atoms with van der Waals surface area (Å²) in [4.78, 5) is 29.1. The summed E-state index contributed by atoms with van der Waals surface area (Å²) in [5.74, 6) is 0.906. The van der Waals surface area contributed by atoms with Crippen LogP contribution in [-0.4, -0.2) is 68.0 Å². The fourth-order valence-corrected chi connectivity index (χ4v) is 6.07. The number of rotatable bonds is 2. The van der Waals surface area contributed by atoms with Crippen molar-refractivity contribution in [2.24, 2.45) is 11.3 Å². The lowest BCUT2D eigenvalue weighted by Gasteiger charge is -2.33. The van der Waals surface area contributed by atoms with Gasteiger partial charge in [0.2, 0.25) is 5.82 Å². The molecule has 3 aromatic heterocycles. The molecule has 160 valence electrons. The Labute approximate surface area is 181 Å². The van der Waals surface area contributed by atoms with Crippen LogP contribution in [0.3, 0.4) is 0 Å². The van der Waals surface area contributed by atoms with Gasteiger partial charge in [0.15, 0.2) is 5.65 Å². The summed E-state index contributed by atoms with van der Waals surface area (Å²) in [7, 11) is 0. The highest BCUT2D eigenvalue weighted by Crippen LogP contribution is 2.43. The third-order valence-corrected chi connectivity index (χ3v) is 8.07. The van der Waals surface area contributed by atoms with Gasteiger partial charge in [-0.3, -0.25) is 4.79 Å². The van der Waals surface area contributed by atoms with Gasteiger partial charge in [-0.05, 0) is 42.7 Å². The lowest BCUT2D eigenvalue weighted by Crippen LogP contribution is -2.48. The summed E-state index contributed by atoms with van der Waals surface area (Å²) in [5.41, 5.74) is 2.46. The molecule has 3 aromatic rings. The zero-order chi connectivity index (χ0) is 21.0. The maximum absolute atomic E-state index is 13.0. The van der Waals surface area contributed by atoms with Crippen LogP contribution in [0.15, 0.2) is 6.33 Å². The fraction of sp³-hybridized carbons (Fsp3) is 0.636. The van der Waals surface area contributed by atoms with Crippen LogP contribution in [0.25, 0.3) is 15.9 Å². The summed E-state index contributed by atoms with van der Waals surface area (Å²) in [6.07, 6.45) is 5.05. The van der Waals surface area contributed by atoms with Crippen LogP contribution >= 0.6 is 11.3 Å². The molecule has 5 rings (SSSR count). The van der Waals surface area contributed by atoms with Crippen molar-refractivity contribution in [2.75, 3.05) is 32.7 Å². The Morgan fingerprint density at radius 3 is 2.70 bits per heavy atom. The first-order valence-corrected chi connectivity index (χ1v) is 11.8. The molecule has 8 heteroatoms. The van der Waals surface area contributed by atoms with Gasteiger partial charge < -0.3 is 9.80 Å². The van der Waals surface area contributed by atoms with Gasteiger partial charge in [0.05, 0.1) is 5.39 Å². The molecular weight excluding hydrogens is 396 g/mol. The van der Waals surface area contributed by atoms with E-state index >= 15 is 0 Å². The maximum Gasteiger partial charge on any atom is 0.293 e. The molecule has 1 unspecified atom stereocenters. The summed E-state index contributed by atoms with van der Waals surface area (Å²) in [6.45, 7) is 13.5.